The van der Waals surface area contributed by atoms with Gasteiger partial charge in [0, 0.05) is 23.6 Å². The summed E-state index contributed by atoms with van der Waals surface area (Å²) in [5.41, 5.74) is 3.62. The van der Waals surface area contributed by atoms with E-state index in [1.165, 1.54) is 6.42 Å². The van der Waals surface area contributed by atoms with Crippen molar-refractivity contribution in [1.29, 1.82) is 0 Å². The first-order valence-corrected chi connectivity index (χ1v) is 17.4. The molecule has 9 nitrogen and oxygen atoms in total. The van der Waals surface area contributed by atoms with Gasteiger partial charge in [-0.05, 0) is 97.7 Å². The van der Waals surface area contributed by atoms with Crippen LogP contribution in [0, 0.1) is 0 Å². The zero-order chi connectivity index (χ0) is 36.3. The Bertz CT molecular complexity index is 1630. The van der Waals surface area contributed by atoms with E-state index in [-0.39, 0.29) is 37.1 Å². The van der Waals surface area contributed by atoms with Crippen LogP contribution in [0.5, 0.6) is 11.5 Å². The number of carbonyl (C=O) groups excluding carboxylic acids is 4. The van der Waals surface area contributed by atoms with Gasteiger partial charge in [-0.25, -0.2) is 9.59 Å². The molecule has 268 valence electrons. The van der Waals surface area contributed by atoms with Gasteiger partial charge in [0.25, 0.3) is 0 Å². The number of rotatable bonds is 20. The molecule has 0 N–H and O–H groups in total. The molecule has 0 spiro atoms. The van der Waals surface area contributed by atoms with Crippen molar-refractivity contribution in [2.75, 3.05) is 26.4 Å². The first-order chi connectivity index (χ1) is 24.8. The van der Waals surface area contributed by atoms with Crippen LogP contribution in [0.3, 0.4) is 0 Å². The minimum atomic E-state index is -0.571. The average Bonchev–Trinajstić information content (AvgIpc) is 3.16. The van der Waals surface area contributed by atoms with Gasteiger partial charge in [0.1, 0.15) is 17.6 Å². The Hall–Kier alpha value is -5.44. The van der Waals surface area contributed by atoms with E-state index in [0.717, 1.165) is 54.2 Å². The zero-order valence-electron chi connectivity index (χ0n) is 29.0. The lowest BCUT2D eigenvalue weighted by molar-refractivity contribution is -0.151. The van der Waals surface area contributed by atoms with Crippen molar-refractivity contribution in [3.8, 4) is 22.6 Å². The molecule has 51 heavy (non-hydrogen) atoms. The molecule has 0 unspecified atom stereocenters. The van der Waals surface area contributed by atoms with E-state index in [4.69, 9.17) is 23.7 Å². The number of allylic oxidation sites excluding steroid dienone is 1. The normalized spacial score (nSPS) is 12.9. The third-order valence-electron chi connectivity index (χ3n) is 8.17. The summed E-state index contributed by atoms with van der Waals surface area (Å²) in [6.07, 6.45) is 11.2. The Morgan fingerprint density at radius 2 is 1.25 bits per heavy atom. The largest absolute Gasteiger partial charge is 0.494 e. The molecule has 3 aromatic carbocycles. The minimum Gasteiger partial charge on any atom is -0.494 e. The number of hydrogen-bond acceptors (Lipinski definition) is 9. The Morgan fingerprint density at radius 1 is 0.686 bits per heavy atom. The van der Waals surface area contributed by atoms with Crippen LogP contribution in [0.1, 0.15) is 73.7 Å². The van der Waals surface area contributed by atoms with Crippen molar-refractivity contribution < 1.29 is 42.9 Å². The van der Waals surface area contributed by atoms with Crippen LogP contribution in [0.25, 0.3) is 17.2 Å². The third-order valence-corrected chi connectivity index (χ3v) is 8.17. The molecule has 0 saturated heterocycles. The van der Waals surface area contributed by atoms with Gasteiger partial charge in [0.05, 0.1) is 32.8 Å². The van der Waals surface area contributed by atoms with Crippen molar-refractivity contribution in [1.82, 2.24) is 0 Å². The maximum atomic E-state index is 12.7. The lowest BCUT2D eigenvalue weighted by Crippen LogP contribution is -2.22. The van der Waals surface area contributed by atoms with Gasteiger partial charge >= 0.3 is 17.9 Å². The summed E-state index contributed by atoms with van der Waals surface area (Å²) in [5, 5.41) is 0. The third kappa shape index (κ3) is 13.8. The molecule has 0 aromatic heterocycles. The molecular formula is C42H46O9. The van der Waals surface area contributed by atoms with E-state index < -0.39 is 17.9 Å². The highest BCUT2D eigenvalue weighted by atomic mass is 16.5. The van der Waals surface area contributed by atoms with Crippen LogP contribution in [0.15, 0.2) is 104 Å². The Kier molecular flexibility index (Phi) is 15.7. The SMILES string of the molecule is C=CC(=O)OCCCOc1ccc(C(=O)/C=C/c2ccc(-c3ccc(OCCCCOC(=O)C(=C)CC(=O)OC4CCCCC4)cc3)cc2)cc1. The lowest BCUT2D eigenvalue weighted by Gasteiger charge is -2.21. The van der Waals surface area contributed by atoms with Gasteiger partial charge < -0.3 is 23.7 Å². The molecular weight excluding hydrogens is 648 g/mol. The predicted molar refractivity (Wildman–Crippen MR) is 195 cm³/mol. The van der Waals surface area contributed by atoms with Gasteiger partial charge in [-0.3, -0.25) is 9.59 Å². The van der Waals surface area contributed by atoms with E-state index in [1.54, 1.807) is 36.4 Å². The number of esters is 3. The summed E-state index contributed by atoms with van der Waals surface area (Å²) in [6.45, 7) is 8.37. The molecule has 0 bridgehead atoms. The molecule has 0 amide bonds. The Balaban J connectivity index is 1.10. The molecule has 4 rings (SSSR count). The predicted octanol–water partition coefficient (Wildman–Crippen LogP) is 8.27. The van der Waals surface area contributed by atoms with Crippen LogP contribution in [-0.2, 0) is 28.6 Å². The lowest BCUT2D eigenvalue weighted by atomic mass is 9.98. The quantitative estimate of drug-likeness (QED) is 0.0379. The molecule has 1 saturated carbocycles. The van der Waals surface area contributed by atoms with Gasteiger partial charge in [-0.15, -0.1) is 0 Å². The average molecular weight is 695 g/mol. The van der Waals surface area contributed by atoms with Crippen LogP contribution in [0.2, 0.25) is 0 Å². The molecule has 0 atom stereocenters. The van der Waals surface area contributed by atoms with Crippen molar-refractivity contribution >= 4 is 29.8 Å². The second-order valence-electron chi connectivity index (χ2n) is 12.2. The van der Waals surface area contributed by atoms with E-state index in [1.807, 2.05) is 48.5 Å². The molecule has 3 aromatic rings. The summed E-state index contributed by atoms with van der Waals surface area (Å²) in [5.74, 6) is -0.200. The van der Waals surface area contributed by atoms with E-state index in [9.17, 15) is 19.2 Å². The molecule has 9 heteroatoms. The summed E-state index contributed by atoms with van der Waals surface area (Å²) in [7, 11) is 0. The fraction of sp³-hybridized carbons (Fsp3) is 0.333. The smallest absolute Gasteiger partial charge is 0.333 e. The highest BCUT2D eigenvalue weighted by Gasteiger charge is 2.20. The summed E-state index contributed by atoms with van der Waals surface area (Å²) >= 11 is 0. The van der Waals surface area contributed by atoms with Crippen LogP contribution in [-0.4, -0.2) is 56.2 Å². The number of ketones is 1. The molecule has 0 aliphatic heterocycles. The molecule has 1 aliphatic rings. The van der Waals surface area contributed by atoms with Gasteiger partial charge in [-0.2, -0.15) is 0 Å². The van der Waals surface area contributed by atoms with E-state index in [2.05, 4.69) is 13.2 Å². The van der Waals surface area contributed by atoms with Gasteiger partial charge in [0.2, 0.25) is 0 Å². The van der Waals surface area contributed by atoms with Crippen molar-refractivity contribution in [2.24, 2.45) is 0 Å². The fourth-order valence-electron chi connectivity index (χ4n) is 5.31. The van der Waals surface area contributed by atoms with Crippen LogP contribution in [0.4, 0.5) is 0 Å². The van der Waals surface area contributed by atoms with Gasteiger partial charge in [-0.1, -0.05) is 62.1 Å². The number of hydrogen-bond donors (Lipinski definition) is 0. The molecule has 0 radical (unpaired) electrons. The van der Waals surface area contributed by atoms with Crippen molar-refractivity contribution in [2.45, 2.75) is 63.9 Å². The van der Waals surface area contributed by atoms with Gasteiger partial charge in [0.15, 0.2) is 5.78 Å². The number of ether oxygens (including phenoxy) is 5. The van der Waals surface area contributed by atoms with Crippen molar-refractivity contribution in [3.63, 3.8) is 0 Å². The zero-order valence-corrected chi connectivity index (χ0v) is 29.0. The summed E-state index contributed by atoms with van der Waals surface area (Å²) in [6, 6.07) is 22.6. The molecule has 1 fully saturated rings. The Labute approximate surface area is 299 Å². The molecule has 0 heterocycles. The maximum Gasteiger partial charge on any atom is 0.333 e. The first-order valence-electron chi connectivity index (χ1n) is 17.4. The van der Waals surface area contributed by atoms with E-state index >= 15 is 0 Å². The topological polar surface area (TPSA) is 114 Å². The second-order valence-corrected chi connectivity index (χ2v) is 12.2. The van der Waals surface area contributed by atoms with E-state index in [0.29, 0.717) is 43.8 Å². The minimum absolute atomic E-state index is 0.0491. The second kappa shape index (κ2) is 20.9. The Morgan fingerprint density at radius 3 is 1.90 bits per heavy atom. The highest BCUT2D eigenvalue weighted by Crippen LogP contribution is 2.24. The number of benzene rings is 3. The highest BCUT2D eigenvalue weighted by molar-refractivity contribution is 6.06. The number of unbranched alkanes of at least 4 members (excludes halogenated alkanes) is 1. The first kappa shape index (κ1) is 38.4. The summed E-state index contributed by atoms with van der Waals surface area (Å²) < 4.78 is 27.1. The molecule has 1 aliphatic carbocycles. The number of carbonyl (C=O) groups is 4. The van der Waals surface area contributed by atoms with Crippen molar-refractivity contribution in [3.05, 3.63) is 115 Å². The monoisotopic (exact) mass is 694 g/mol. The fourth-order valence-corrected chi connectivity index (χ4v) is 5.31. The van der Waals surface area contributed by atoms with Crippen LogP contribution < -0.4 is 9.47 Å². The standard InChI is InChI=1S/C42H46O9/c1-3-40(44)49-29-9-28-48-37-23-19-35(20-24-37)39(43)25-14-32-12-15-33(16-13-32)34-17-21-36(22-18-34)47-26-7-8-27-50-42(46)31(2)30-41(45)51-38-10-5-4-6-11-38/h3,12-25,38H,1-2,4-11,26-30H2/b25-14+. The summed E-state index contributed by atoms with van der Waals surface area (Å²) in [4.78, 5) is 48.0. The van der Waals surface area contributed by atoms with Crippen LogP contribution >= 0.6 is 0 Å². The maximum absolute atomic E-state index is 12.7.